The van der Waals surface area contributed by atoms with Gasteiger partial charge in [-0.05, 0) is 37.8 Å². The maximum absolute atomic E-state index is 12.8. The fourth-order valence-corrected chi connectivity index (χ4v) is 3.60. The molecule has 1 aliphatic carbocycles. The minimum atomic E-state index is -0.577. The third-order valence-corrected chi connectivity index (χ3v) is 5.32. The van der Waals surface area contributed by atoms with Crippen LogP contribution in [0, 0.1) is 0 Å². The van der Waals surface area contributed by atoms with Crippen molar-refractivity contribution in [3.05, 3.63) is 36.0 Å². The molecule has 3 heterocycles. The fraction of sp³-hybridized carbons (Fsp3) is 0.526. The highest BCUT2D eigenvalue weighted by Crippen LogP contribution is 2.40. The molecule has 1 unspecified atom stereocenters. The van der Waals surface area contributed by atoms with Crippen LogP contribution >= 0.6 is 0 Å². The van der Waals surface area contributed by atoms with Crippen LogP contribution in [0.5, 0.6) is 11.5 Å². The summed E-state index contributed by atoms with van der Waals surface area (Å²) in [4.78, 5) is 14.6. The molecule has 1 saturated carbocycles. The highest BCUT2D eigenvalue weighted by atomic mass is 16.6. The van der Waals surface area contributed by atoms with E-state index >= 15 is 0 Å². The molecule has 7 nitrogen and oxygen atoms in total. The number of amides is 1. The Hall–Kier alpha value is -2.57. The Morgan fingerprint density at radius 1 is 0.962 bits per heavy atom. The van der Waals surface area contributed by atoms with Gasteiger partial charge in [0.2, 0.25) is 17.9 Å². The second-order valence-corrected chi connectivity index (χ2v) is 7.22. The van der Waals surface area contributed by atoms with Gasteiger partial charge in [0.15, 0.2) is 11.5 Å². The molecule has 0 spiro atoms. The first kappa shape index (κ1) is 15.7. The first-order chi connectivity index (χ1) is 12.8. The van der Waals surface area contributed by atoms with Gasteiger partial charge in [0.25, 0.3) is 5.91 Å². The van der Waals surface area contributed by atoms with E-state index in [1.165, 1.54) is 0 Å². The molecule has 0 radical (unpaired) electrons. The summed E-state index contributed by atoms with van der Waals surface area (Å²) in [6, 6.07) is 7.44. The van der Waals surface area contributed by atoms with Crippen LogP contribution in [0.4, 0.5) is 0 Å². The molecule has 2 fully saturated rings. The van der Waals surface area contributed by atoms with Gasteiger partial charge < -0.3 is 18.8 Å². The third-order valence-electron chi connectivity index (χ3n) is 5.32. The van der Waals surface area contributed by atoms with Crippen LogP contribution in [0.3, 0.4) is 0 Å². The molecular weight excluding hydrogens is 334 g/mol. The average Bonchev–Trinajstić information content (AvgIpc) is 3.44. The number of para-hydroxylation sites is 2. The van der Waals surface area contributed by atoms with Gasteiger partial charge in [0.05, 0.1) is 0 Å². The summed E-state index contributed by atoms with van der Waals surface area (Å²) < 4.78 is 17.3. The van der Waals surface area contributed by atoms with E-state index in [1.54, 1.807) is 0 Å². The molecule has 1 amide bonds. The van der Waals surface area contributed by atoms with Gasteiger partial charge in [-0.2, -0.15) is 0 Å². The van der Waals surface area contributed by atoms with Crippen molar-refractivity contribution in [2.24, 2.45) is 0 Å². The molecule has 1 aromatic heterocycles. The first-order valence-corrected chi connectivity index (χ1v) is 9.28. The predicted octanol–water partition coefficient (Wildman–Crippen LogP) is 2.49. The van der Waals surface area contributed by atoms with Crippen molar-refractivity contribution in [2.75, 3.05) is 19.7 Å². The van der Waals surface area contributed by atoms with E-state index in [2.05, 4.69) is 10.2 Å². The normalized spacial score (nSPS) is 23.1. The second-order valence-electron chi connectivity index (χ2n) is 7.22. The van der Waals surface area contributed by atoms with Crippen LogP contribution < -0.4 is 9.47 Å². The smallest absolute Gasteiger partial charge is 0.267 e. The molecule has 136 valence electrons. The van der Waals surface area contributed by atoms with Crippen LogP contribution in [0.15, 0.2) is 28.7 Å². The van der Waals surface area contributed by atoms with Crippen molar-refractivity contribution in [1.82, 2.24) is 15.1 Å². The number of likely N-dealkylation sites (tertiary alicyclic amines) is 1. The van der Waals surface area contributed by atoms with Gasteiger partial charge in [-0.3, -0.25) is 4.79 Å². The summed E-state index contributed by atoms with van der Waals surface area (Å²) in [5, 5.41) is 8.39. The summed E-state index contributed by atoms with van der Waals surface area (Å²) in [5.41, 5.74) is 0. The maximum atomic E-state index is 12.8. The van der Waals surface area contributed by atoms with Crippen molar-refractivity contribution in [1.29, 1.82) is 0 Å². The molecule has 5 rings (SSSR count). The lowest BCUT2D eigenvalue weighted by Crippen LogP contribution is -2.48. The number of nitrogens with zero attached hydrogens (tertiary/aromatic N) is 3. The predicted molar refractivity (Wildman–Crippen MR) is 91.2 cm³/mol. The summed E-state index contributed by atoms with van der Waals surface area (Å²) in [6.07, 6.45) is 3.40. The van der Waals surface area contributed by atoms with E-state index in [0.717, 1.165) is 37.5 Å². The number of aromatic nitrogens is 2. The highest BCUT2D eigenvalue weighted by Gasteiger charge is 2.35. The summed E-state index contributed by atoms with van der Waals surface area (Å²) in [6.45, 7) is 1.60. The Kier molecular flexibility index (Phi) is 3.80. The summed E-state index contributed by atoms with van der Waals surface area (Å²) in [7, 11) is 0. The molecule has 2 aliphatic heterocycles. The Morgan fingerprint density at radius 3 is 2.31 bits per heavy atom. The van der Waals surface area contributed by atoms with Gasteiger partial charge in [-0.25, -0.2) is 0 Å². The molecule has 0 bridgehead atoms. The van der Waals surface area contributed by atoms with E-state index in [-0.39, 0.29) is 18.4 Å². The van der Waals surface area contributed by atoms with Crippen molar-refractivity contribution in [2.45, 2.75) is 43.6 Å². The van der Waals surface area contributed by atoms with Crippen LogP contribution in [-0.2, 0) is 4.79 Å². The number of hydrogen-bond acceptors (Lipinski definition) is 6. The van der Waals surface area contributed by atoms with E-state index < -0.39 is 6.10 Å². The number of carbonyl (C=O) groups excluding carboxylic acids is 1. The Labute approximate surface area is 151 Å². The summed E-state index contributed by atoms with van der Waals surface area (Å²) >= 11 is 0. The number of piperidine rings is 1. The van der Waals surface area contributed by atoms with Crippen molar-refractivity contribution < 1.29 is 18.7 Å². The number of ether oxygens (including phenoxy) is 2. The molecule has 3 aliphatic rings. The topological polar surface area (TPSA) is 77.7 Å². The third kappa shape index (κ3) is 2.91. The van der Waals surface area contributed by atoms with Crippen molar-refractivity contribution in [3.8, 4) is 11.5 Å². The fourth-order valence-electron chi connectivity index (χ4n) is 3.60. The van der Waals surface area contributed by atoms with E-state index in [4.69, 9.17) is 13.9 Å². The zero-order valence-corrected chi connectivity index (χ0v) is 14.5. The highest BCUT2D eigenvalue weighted by molar-refractivity contribution is 5.82. The maximum Gasteiger partial charge on any atom is 0.267 e. The Balaban J connectivity index is 1.19. The Bertz CT molecular complexity index is 809. The minimum absolute atomic E-state index is 0.0119. The van der Waals surface area contributed by atoms with Gasteiger partial charge >= 0.3 is 0 Å². The molecule has 1 atom stereocenters. The van der Waals surface area contributed by atoms with Gasteiger partial charge in [-0.15, -0.1) is 10.2 Å². The molecule has 0 N–H and O–H groups in total. The SMILES string of the molecule is O=C(C1COc2ccccc2O1)N1CCC(c2nnc(C3CC3)o2)CC1. The van der Waals surface area contributed by atoms with Crippen LogP contribution in [-0.4, -0.2) is 46.8 Å². The lowest BCUT2D eigenvalue weighted by Gasteiger charge is -2.34. The molecule has 26 heavy (non-hydrogen) atoms. The number of rotatable bonds is 3. The van der Waals surface area contributed by atoms with Crippen LogP contribution in [0.25, 0.3) is 0 Å². The van der Waals surface area contributed by atoms with Gasteiger partial charge in [-0.1, -0.05) is 12.1 Å². The zero-order chi connectivity index (χ0) is 17.5. The number of hydrogen-bond donors (Lipinski definition) is 0. The quantitative estimate of drug-likeness (QED) is 0.842. The standard InChI is InChI=1S/C19H21N3O4/c23-19(16-11-24-14-3-1-2-4-15(14)25-16)22-9-7-13(8-10-22)18-21-20-17(26-18)12-5-6-12/h1-4,12-13,16H,5-11H2. The molecule has 1 aromatic carbocycles. The second kappa shape index (κ2) is 6.30. The van der Waals surface area contributed by atoms with Crippen LogP contribution in [0.2, 0.25) is 0 Å². The average molecular weight is 355 g/mol. The lowest BCUT2D eigenvalue weighted by molar-refractivity contribution is -0.142. The molecule has 7 heteroatoms. The molecular formula is C19H21N3O4. The molecule has 1 saturated heterocycles. The summed E-state index contributed by atoms with van der Waals surface area (Å²) in [5.74, 6) is 3.54. The van der Waals surface area contributed by atoms with E-state index in [9.17, 15) is 4.79 Å². The van der Waals surface area contributed by atoms with Crippen molar-refractivity contribution >= 4 is 5.91 Å². The van der Waals surface area contributed by atoms with Crippen LogP contribution in [0.1, 0.15) is 49.3 Å². The number of carbonyl (C=O) groups is 1. The lowest BCUT2D eigenvalue weighted by atomic mass is 9.96. The first-order valence-electron chi connectivity index (χ1n) is 9.28. The largest absolute Gasteiger partial charge is 0.485 e. The number of benzene rings is 1. The zero-order valence-electron chi connectivity index (χ0n) is 14.5. The Morgan fingerprint density at radius 2 is 1.62 bits per heavy atom. The molecule has 2 aromatic rings. The van der Waals surface area contributed by atoms with Gasteiger partial charge in [0, 0.05) is 24.9 Å². The van der Waals surface area contributed by atoms with Gasteiger partial charge in [0.1, 0.15) is 6.61 Å². The van der Waals surface area contributed by atoms with E-state index in [1.807, 2.05) is 29.2 Å². The minimum Gasteiger partial charge on any atom is -0.485 e. The monoisotopic (exact) mass is 355 g/mol. The number of fused-ring (bicyclic) bond motifs is 1. The van der Waals surface area contributed by atoms with E-state index in [0.29, 0.717) is 30.5 Å². The van der Waals surface area contributed by atoms with Crippen molar-refractivity contribution in [3.63, 3.8) is 0 Å².